The summed E-state index contributed by atoms with van der Waals surface area (Å²) in [5, 5.41) is 11.8. The molecule has 200 valence electrons. The van der Waals surface area contributed by atoms with Crippen LogP contribution in [0.4, 0.5) is 0 Å². The largest absolute Gasteiger partial charge is 0.503 e. The Hall–Kier alpha value is -3.29. The molecule has 1 aromatic heterocycles. The fourth-order valence-electron chi connectivity index (χ4n) is 4.85. The van der Waals surface area contributed by atoms with E-state index in [-0.39, 0.29) is 16.8 Å². The maximum absolute atomic E-state index is 14.0. The molecular weight excluding hydrogens is 494 g/mol. The predicted molar refractivity (Wildman–Crippen MR) is 154 cm³/mol. The minimum Gasteiger partial charge on any atom is -0.503 e. The number of benzene rings is 2. The number of nitrogens with zero attached hydrogens (tertiary/aromatic N) is 3. The molecule has 1 unspecified atom stereocenters. The number of aryl methyl sites for hydroxylation is 1. The minimum absolute atomic E-state index is 0.0311. The number of ketones is 1. The van der Waals surface area contributed by atoms with Gasteiger partial charge in [0, 0.05) is 18.7 Å². The van der Waals surface area contributed by atoms with Gasteiger partial charge in [0.25, 0.3) is 5.91 Å². The number of amides is 1. The lowest BCUT2D eigenvalue weighted by Crippen LogP contribution is -2.38. The summed E-state index contributed by atoms with van der Waals surface area (Å²) in [4.78, 5) is 36.4. The molecule has 6 nitrogen and oxygen atoms in total. The van der Waals surface area contributed by atoms with Crippen molar-refractivity contribution >= 4 is 23.0 Å². The van der Waals surface area contributed by atoms with Gasteiger partial charge in [-0.25, -0.2) is 4.98 Å². The van der Waals surface area contributed by atoms with Crippen molar-refractivity contribution in [3.63, 3.8) is 0 Å². The van der Waals surface area contributed by atoms with Crippen molar-refractivity contribution in [2.24, 2.45) is 0 Å². The summed E-state index contributed by atoms with van der Waals surface area (Å²) in [5.41, 5.74) is 3.59. The van der Waals surface area contributed by atoms with E-state index < -0.39 is 17.7 Å². The minimum atomic E-state index is -0.666. The van der Waals surface area contributed by atoms with Gasteiger partial charge in [0.1, 0.15) is 5.01 Å². The van der Waals surface area contributed by atoms with Crippen LogP contribution < -0.4 is 0 Å². The van der Waals surface area contributed by atoms with E-state index in [9.17, 15) is 14.7 Å². The summed E-state index contributed by atoms with van der Waals surface area (Å²) >= 11 is 1.30. The Morgan fingerprint density at radius 2 is 1.68 bits per heavy atom. The average molecular weight is 532 g/mol. The van der Waals surface area contributed by atoms with Crippen molar-refractivity contribution in [1.82, 2.24) is 14.8 Å². The number of Topliss-reactive ketones (excluding diaryl/α,β-unsaturated/α-hetero) is 1. The van der Waals surface area contributed by atoms with E-state index in [1.807, 2.05) is 54.6 Å². The highest BCUT2D eigenvalue weighted by Gasteiger charge is 2.44. The smallest absolute Gasteiger partial charge is 0.290 e. The van der Waals surface area contributed by atoms with Crippen molar-refractivity contribution in [2.75, 3.05) is 26.2 Å². The third-order valence-electron chi connectivity index (χ3n) is 7.22. The van der Waals surface area contributed by atoms with Crippen LogP contribution in [-0.2, 0) is 10.2 Å². The zero-order chi connectivity index (χ0) is 27.6. The molecule has 0 aliphatic carbocycles. The zero-order valence-electron chi connectivity index (χ0n) is 23.1. The van der Waals surface area contributed by atoms with Gasteiger partial charge in [-0.1, -0.05) is 89.2 Å². The first-order chi connectivity index (χ1) is 18.1. The van der Waals surface area contributed by atoms with Crippen LogP contribution in [0.25, 0.3) is 10.6 Å². The third kappa shape index (κ3) is 5.45. The zero-order valence-corrected chi connectivity index (χ0v) is 23.9. The van der Waals surface area contributed by atoms with Crippen molar-refractivity contribution < 1.29 is 14.7 Å². The number of hydrogen-bond donors (Lipinski definition) is 1. The van der Waals surface area contributed by atoms with Crippen molar-refractivity contribution in [3.05, 3.63) is 87.6 Å². The van der Waals surface area contributed by atoms with Crippen LogP contribution in [0.1, 0.15) is 67.2 Å². The molecule has 4 rings (SSSR count). The summed E-state index contributed by atoms with van der Waals surface area (Å²) < 4.78 is 0. The lowest BCUT2D eigenvalue weighted by molar-refractivity contribution is -0.129. The maximum Gasteiger partial charge on any atom is 0.290 e. The number of likely N-dealkylation sites (N-methyl/N-ethyl adjacent to an activating group) is 1. The van der Waals surface area contributed by atoms with Gasteiger partial charge in [0.2, 0.25) is 5.78 Å². The van der Waals surface area contributed by atoms with E-state index in [1.54, 1.807) is 11.8 Å². The van der Waals surface area contributed by atoms with Crippen LogP contribution in [0.3, 0.4) is 0 Å². The molecule has 1 atom stereocenters. The van der Waals surface area contributed by atoms with Gasteiger partial charge in [-0.15, -0.1) is 11.3 Å². The molecule has 2 aromatic carbocycles. The molecule has 3 aromatic rings. The molecule has 7 heteroatoms. The van der Waals surface area contributed by atoms with Gasteiger partial charge in [-0.3, -0.25) is 9.59 Å². The van der Waals surface area contributed by atoms with Gasteiger partial charge in [0.05, 0.1) is 22.2 Å². The molecule has 1 aliphatic rings. The second kappa shape index (κ2) is 11.2. The summed E-state index contributed by atoms with van der Waals surface area (Å²) in [6.07, 6.45) is 0. The molecule has 1 aliphatic heterocycles. The summed E-state index contributed by atoms with van der Waals surface area (Å²) in [5.74, 6) is -1.31. The van der Waals surface area contributed by atoms with Gasteiger partial charge in [-0.2, -0.15) is 0 Å². The van der Waals surface area contributed by atoms with E-state index in [1.165, 1.54) is 11.3 Å². The molecular formula is C31H37N3O3S. The molecule has 0 saturated carbocycles. The van der Waals surface area contributed by atoms with Crippen molar-refractivity contribution in [1.29, 1.82) is 0 Å². The maximum atomic E-state index is 14.0. The monoisotopic (exact) mass is 531 g/mol. The van der Waals surface area contributed by atoms with Crippen LogP contribution in [0.5, 0.6) is 0 Å². The first-order valence-electron chi connectivity index (χ1n) is 13.2. The second-order valence-electron chi connectivity index (χ2n) is 10.7. The highest BCUT2D eigenvalue weighted by molar-refractivity contribution is 7.17. The first-order valence-corrected chi connectivity index (χ1v) is 14.0. The average Bonchev–Trinajstić information content (AvgIpc) is 3.42. The van der Waals surface area contributed by atoms with E-state index in [2.05, 4.69) is 44.5 Å². The van der Waals surface area contributed by atoms with Gasteiger partial charge >= 0.3 is 0 Å². The van der Waals surface area contributed by atoms with Crippen molar-refractivity contribution in [3.8, 4) is 10.6 Å². The summed E-state index contributed by atoms with van der Waals surface area (Å²) in [6.45, 7) is 15.2. The number of thiazole rings is 1. The van der Waals surface area contributed by atoms with Crippen molar-refractivity contribution in [2.45, 2.75) is 53.0 Å². The SMILES string of the molecule is CCN(CC)CCN1C(=O)C(O)=C(C(=O)c2sc(-c3ccccc3)nc2C)C1c1ccc(C(C)(C)C)cc1. The molecule has 1 N–H and O–H groups in total. The molecule has 38 heavy (non-hydrogen) atoms. The topological polar surface area (TPSA) is 73.7 Å². The highest BCUT2D eigenvalue weighted by atomic mass is 32.1. The molecule has 0 bridgehead atoms. The quantitative estimate of drug-likeness (QED) is 0.326. The summed E-state index contributed by atoms with van der Waals surface area (Å²) in [6, 6.07) is 17.1. The van der Waals surface area contributed by atoms with E-state index >= 15 is 0 Å². The number of aliphatic hydroxyl groups is 1. The standard InChI is InChI=1S/C31H37N3O3S/c1-7-33(8-2)18-19-34-25(21-14-16-23(17-15-21)31(4,5)6)24(27(36)30(34)37)26(35)28-20(3)32-29(38-28)22-12-10-9-11-13-22/h9-17,25,36H,7-8,18-19H2,1-6H3. The Labute approximate surface area is 229 Å². The molecule has 1 amide bonds. The lowest BCUT2D eigenvalue weighted by Gasteiger charge is -2.30. The van der Waals surface area contributed by atoms with Gasteiger partial charge in [-0.05, 0) is 36.6 Å². The Morgan fingerprint density at radius 1 is 1.05 bits per heavy atom. The summed E-state index contributed by atoms with van der Waals surface area (Å²) in [7, 11) is 0. The first kappa shape index (κ1) is 27.7. The highest BCUT2D eigenvalue weighted by Crippen LogP contribution is 2.41. The molecule has 2 heterocycles. The Kier molecular flexibility index (Phi) is 8.19. The second-order valence-corrected chi connectivity index (χ2v) is 11.7. The number of carbonyl (C=O) groups is 2. The van der Waals surface area contributed by atoms with Gasteiger partial charge < -0.3 is 14.9 Å². The van der Waals surface area contributed by atoms with Crippen LogP contribution in [0, 0.1) is 6.92 Å². The number of aromatic nitrogens is 1. The van der Waals surface area contributed by atoms with Crippen LogP contribution in [0.2, 0.25) is 0 Å². The molecule has 0 saturated heterocycles. The van der Waals surface area contributed by atoms with Crippen LogP contribution in [0.15, 0.2) is 65.9 Å². The van der Waals surface area contributed by atoms with E-state index in [0.717, 1.165) is 34.8 Å². The molecule has 0 fully saturated rings. The van der Waals surface area contributed by atoms with Crippen LogP contribution >= 0.6 is 11.3 Å². The molecule has 0 spiro atoms. The predicted octanol–water partition coefficient (Wildman–Crippen LogP) is 6.34. The lowest BCUT2D eigenvalue weighted by atomic mass is 9.85. The molecule has 0 radical (unpaired) electrons. The van der Waals surface area contributed by atoms with Crippen LogP contribution in [-0.4, -0.2) is 57.8 Å². The number of carbonyl (C=O) groups excluding carboxylic acids is 2. The number of rotatable bonds is 9. The third-order valence-corrected chi connectivity index (χ3v) is 8.42. The Bertz CT molecular complexity index is 1330. The van der Waals surface area contributed by atoms with E-state index in [0.29, 0.717) is 23.7 Å². The Morgan fingerprint density at radius 3 is 2.26 bits per heavy atom. The fourth-order valence-corrected chi connectivity index (χ4v) is 5.88. The Balaban J connectivity index is 1.76. The fraction of sp³-hybridized carbons (Fsp3) is 0.387. The van der Waals surface area contributed by atoms with E-state index in [4.69, 9.17) is 0 Å². The number of hydrogen-bond acceptors (Lipinski definition) is 6. The normalized spacial score (nSPS) is 16.1. The number of aliphatic hydroxyl groups excluding tert-OH is 1. The van der Waals surface area contributed by atoms with Gasteiger partial charge in [0.15, 0.2) is 5.76 Å².